The Kier molecular flexibility index (Phi) is 1.07. The number of rotatable bonds is 0. The molecule has 46 valence electrons. The Morgan fingerprint density at radius 1 is 1.50 bits per heavy atom. The van der Waals surface area contributed by atoms with Gasteiger partial charge in [-0.05, 0) is 0 Å². The monoisotopic (exact) mass is 115 g/mol. The maximum absolute atomic E-state index is 5.38. The molecule has 5 heteroatoms. The first-order valence-corrected chi connectivity index (χ1v) is 2.31. The first kappa shape index (κ1) is 5.33. The lowest BCUT2D eigenvalue weighted by molar-refractivity contribution is 0.560. The van der Waals surface area contributed by atoms with Crippen molar-refractivity contribution in [3.05, 3.63) is 0 Å². The maximum Gasteiger partial charge on any atom is 0.140 e. The number of hydrazone groups is 1. The van der Waals surface area contributed by atoms with E-state index in [1.807, 2.05) is 0 Å². The molecule has 2 unspecified atom stereocenters. The third-order valence-corrected chi connectivity index (χ3v) is 1.07. The van der Waals surface area contributed by atoms with Gasteiger partial charge in [-0.3, -0.25) is 5.43 Å². The van der Waals surface area contributed by atoms with E-state index in [0.717, 1.165) is 0 Å². The molecule has 2 atom stereocenters. The third-order valence-electron chi connectivity index (χ3n) is 1.07. The van der Waals surface area contributed by atoms with Crippen molar-refractivity contribution in [3.8, 4) is 0 Å². The summed E-state index contributed by atoms with van der Waals surface area (Å²) in [6.07, 6.45) is -0.310. The lowest BCUT2D eigenvalue weighted by Crippen LogP contribution is -2.49. The molecule has 0 aromatic heterocycles. The van der Waals surface area contributed by atoms with Crippen molar-refractivity contribution < 1.29 is 0 Å². The number of hydrogen-bond donors (Lipinski definition) is 4. The van der Waals surface area contributed by atoms with Crippen LogP contribution in [0.3, 0.4) is 0 Å². The summed E-state index contributed by atoms with van der Waals surface area (Å²) in [5.41, 5.74) is 18.5. The van der Waals surface area contributed by atoms with Crippen molar-refractivity contribution in [2.24, 2.45) is 22.3 Å². The van der Waals surface area contributed by atoms with Crippen molar-refractivity contribution in [1.82, 2.24) is 5.43 Å². The molecule has 1 aliphatic heterocycles. The molecular formula is C3H9N5. The van der Waals surface area contributed by atoms with Crippen LogP contribution >= 0.6 is 0 Å². The van der Waals surface area contributed by atoms with E-state index in [1.54, 1.807) is 0 Å². The average molecular weight is 115 g/mol. The molecule has 1 aliphatic rings. The van der Waals surface area contributed by atoms with Gasteiger partial charge in [0.1, 0.15) is 12.0 Å². The standard InChI is InChI=1S/C3H9N5/c4-1-2(5)7-8-3(1)6/h1-2,7H,4-5H2,(H2,6,8). The summed E-state index contributed by atoms with van der Waals surface area (Å²) >= 11 is 0. The summed E-state index contributed by atoms with van der Waals surface area (Å²) < 4.78 is 0. The quantitative estimate of drug-likeness (QED) is 0.279. The second-order valence-electron chi connectivity index (χ2n) is 1.72. The minimum Gasteiger partial charge on any atom is -0.384 e. The predicted octanol–water partition coefficient (Wildman–Crippen LogP) is -2.53. The van der Waals surface area contributed by atoms with Crippen molar-refractivity contribution in [2.45, 2.75) is 12.2 Å². The van der Waals surface area contributed by atoms with Gasteiger partial charge in [0.2, 0.25) is 0 Å². The first-order chi connectivity index (χ1) is 3.72. The molecule has 0 bridgehead atoms. The van der Waals surface area contributed by atoms with Crippen LogP contribution in [0.25, 0.3) is 0 Å². The van der Waals surface area contributed by atoms with Crippen molar-refractivity contribution in [3.63, 3.8) is 0 Å². The van der Waals surface area contributed by atoms with Gasteiger partial charge in [-0.15, -0.1) is 0 Å². The molecule has 0 spiro atoms. The second-order valence-corrected chi connectivity index (χ2v) is 1.72. The zero-order chi connectivity index (χ0) is 6.15. The topological polar surface area (TPSA) is 102 Å². The highest BCUT2D eigenvalue weighted by atomic mass is 15.4. The third kappa shape index (κ3) is 0.613. The summed E-state index contributed by atoms with van der Waals surface area (Å²) in [5.74, 6) is 0.373. The van der Waals surface area contributed by atoms with Crippen molar-refractivity contribution in [2.75, 3.05) is 0 Å². The predicted molar refractivity (Wildman–Crippen MR) is 30.7 cm³/mol. The molecule has 0 saturated carbocycles. The Bertz CT molecular complexity index is 119. The molecule has 0 fully saturated rings. The average Bonchev–Trinajstić information content (AvgIpc) is 1.98. The highest BCUT2D eigenvalue weighted by Gasteiger charge is 2.21. The summed E-state index contributed by atoms with van der Waals surface area (Å²) in [6, 6.07) is -0.324. The Morgan fingerprint density at radius 3 is 2.25 bits per heavy atom. The fourth-order valence-corrected chi connectivity index (χ4v) is 0.488. The van der Waals surface area contributed by atoms with Gasteiger partial charge in [-0.1, -0.05) is 0 Å². The Labute approximate surface area is 46.9 Å². The molecule has 0 radical (unpaired) electrons. The van der Waals surface area contributed by atoms with E-state index in [1.165, 1.54) is 0 Å². The van der Waals surface area contributed by atoms with E-state index in [0.29, 0.717) is 5.84 Å². The zero-order valence-corrected chi connectivity index (χ0v) is 4.33. The molecule has 0 saturated heterocycles. The molecule has 0 aromatic rings. The van der Waals surface area contributed by atoms with E-state index in [2.05, 4.69) is 10.5 Å². The highest BCUT2D eigenvalue weighted by molar-refractivity contribution is 5.87. The smallest absolute Gasteiger partial charge is 0.140 e. The Balaban J connectivity index is 2.59. The number of nitrogens with one attached hydrogen (secondary N) is 1. The van der Waals surface area contributed by atoms with E-state index in [-0.39, 0.29) is 12.2 Å². The van der Waals surface area contributed by atoms with Crippen LogP contribution in [-0.2, 0) is 0 Å². The summed E-state index contributed by atoms with van der Waals surface area (Å²) in [4.78, 5) is 0. The minimum absolute atomic E-state index is 0.310. The Hall–Kier alpha value is -0.810. The maximum atomic E-state index is 5.38. The summed E-state index contributed by atoms with van der Waals surface area (Å²) in [6.45, 7) is 0. The molecule has 0 amide bonds. The van der Waals surface area contributed by atoms with Gasteiger partial charge < -0.3 is 17.2 Å². The van der Waals surface area contributed by atoms with E-state index >= 15 is 0 Å². The van der Waals surface area contributed by atoms with Crippen LogP contribution in [-0.4, -0.2) is 18.0 Å². The van der Waals surface area contributed by atoms with E-state index in [9.17, 15) is 0 Å². The van der Waals surface area contributed by atoms with Crippen LogP contribution in [0.4, 0.5) is 0 Å². The van der Waals surface area contributed by atoms with Crippen molar-refractivity contribution >= 4 is 5.84 Å². The van der Waals surface area contributed by atoms with Gasteiger partial charge in [0, 0.05) is 0 Å². The van der Waals surface area contributed by atoms with Crippen LogP contribution in [0.2, 0.25) is 0 Å². The molecule has 8 heavy (non-hydrogen) atoms. The van der Waals surface area contributed by atoms with E-state index in [4.69, 9.17) is 17.2 Å². The van der Waals surface area contributed by atoms with Gasteiger partial charge in [0.25, 0.3) is 0 Å². The fraction of sp³-hybridized carbons (Fsp3) is 0.667. The SMILES string of the molecule is NC1=NNC(N)C1N. The number of hydrogen-bond acceptors (Lipinski definition) is 5. The highest BCUT2D eigenvalue weighted by Crippen LogP contribution is 1.89. The van der Waals surface area contributed by atoms with Gasteiger partial charge in [-0.2, -0.15) is 5.10 Å². The minimum atomic E-state index is -0.324. The van der Waals surface area contributed by atoms with Crippen LogP contribution in [0, 0.1) is 0 Å². The van der Waals surface area contributed by atoms with E-state index < -0.39 is 0 Å². The number of nitrogens with zero attached hydrogens (tertiary/aromatic N) is 1. The van der Waals surface area contributed by atoms with Crippen LogP contribution < -0.4 is 22.6 Å². The second kappa shape index (κ2) is 1.61. The molecule has 1 rings (SSSR count). The summed E-state index contributed by atoms with van der Waals surface area (Å²) in [7, 11) is 0. The fourth-order valence-electron chi connectivity index (χ4n) is 0.488. The molecule has 0 aliphatic carbocycles. The zero-order valence-electron chi connectivity index (χ0n) is 4.33. The summed E-state index contributed by atoms with van der Waals surface area (Å²) in [5, 5.41) is 3.59. The van der Waals surface area contributed by atoms with Gasteiger partial charge in [-0.25, -0.2) is 0 Å². The van der Waals surface area contributed by atoms with Crippen LogP contribution in [0.5, 0.6) is 0 Å². The van der Waals surface area contributed by atoms with Crippen LogP contribution in [0.1, 0.15) is 0 Å². The largest absolute Gasteiger partial charge is 0.384 e. The van der Waals surface area contributed by atoms with Crippen molar-refractivity contribution in [1.29, 1.82) is 0 Å². The van der Waals surface area contributed by atoms with Gasteiger partial charge in [0.05, 0.1) is 6.04 Å². The number of nitrogens with two attached hydrogens (primary N) is 3. The molecule has 0 aromatic carbocycles. The molecule has 1 heterocycles. The normalized spacial score (nSPS) is 36.5. The first-order valence-electron chi connectivity index (χ1n) is 2.31. The lowest BCUT2D eigenvalue weighted by atomic mass is 10.2. The number of amidine groups is 1. The van der Waals surface area contributed by atoms with Gasteiger partial charge >= 0.3 is 0 Å². The molecule has 7 N–H and O–H groups in total. The Morgan fingerprint density at radius 2 is 2.12 bits per heavy atom. The van der Waals surface area contributed by atoms with Crippen LogP contribution in [0.15, 0.2) is 5.10 Å². The van der Waals surface area contributed by atoms with Gasteiger partial charge in [0.15, 0.2) is 0 Å². The molecular weight excluding hydrogens is 106 g/mol. The molecule has 5 nitrogen and oxygen atoms in total. The lowest BCUT2D eigenvalue weighted by Gasteiger charge is -2.06.